The topological polar surface area (TPSA) is 0 Å². The van der Waals surface area contributed by atoms with Gasteiger partial charge in [0, 0.05) is 40.8 Å². The quantitative estimate of drug-likeness (QED) is 0.529. The van der Waals surface area contributed by atoms with Gasteiger partial charge in [-0.15, -0.1) is 0 Å². The maximum Gasteiger partial charge on any atom is 0 e. The number of hydrogen-bond donors (Lipinski definition) is 0. The summed E-state index contributed by atoms with van der Waals surface area (Å²) in [5.74, 6) is 0. The van der Waals surface area contributed by atoms with E-state index in [1.807, 2.05) is 0 Å². The third-order valence-corrected chi connectivity index (χ3v) is 0. The van der Waals surface area contributed by atoms with Crippen LogP contribution < -0.4 is 0 Å². The SMILES string of the molecule is F.F.F.F.[Nd]. The van der Waals surface area contributed by atoms with Gasteiger partial charge in [-0.25, -0.2) is 0 Å². The number of halogens is 4. The van der Waals surface area contributed by atoms with Crippen molar-refractivity contribution in [1.29, 1.82) is 0 Å². The smallest absolute Gasteiger partial charge is 0 e. The van der Waals surface area contributed by atoms with Crippen LogP contribution in [0.25, 0.3) is 0 Å². The van der Waals surface area contributed by atoms with Gasteiger partial charge in [-0.1, -0.05) is 0 Å². The van der Waals surface area contributed by atoms with E-state index in [0.717, 1.165) is 0 Å². The fraction of sp³-hybridized carbons (Fsp3) is 0. The molecule has 0 aromatic rings. The molecule has 5 heteroatoms. The van der Waals surface area contributed by atoms with Crippen LogP contribution in [0.5, 0.6) is 0 Å². The molecule has 0 atom stereocenters. The van der Waals surface area contributed by atoms with Crippen molar-refractivity contribution >= 4 is 0 Å². The van der Waals surface area contributed by atoms with Crippen molar-refractivity contribution < 1.29 is 59.7 Å². The minimum absolute atomic E-state index is 0. The Labute approximate surface area is 59.3 Å². The molecule has 0 bridgehead atoms. The molecular weight excluding hydrogens is 220 g/mol. The summed E-state index contributed by atoms with van der Waals surface area (Å²) in [6, 6.07) is 0. The molecule has 0 saturated carbocycles. The number of hydrogen-bond acceptors (Lipinski definition) is 0. The van der Waals surface area contributed by atoms with Crippen LogP contribution in [0.3, 0.4) is 0 Å². The molecule has 0 rings (SSSR count). The van der Waals surface area contributed by atoms with Crippen molar-refractivity contribution in [3.8, 4) is 0 Å². The molecule has 0 heterocycles. The van der Waals surface area contributed by atoms with Gasteiger partial charge in [0.1, 0.15) is 0 Å². The zero-order chi connectivity index (χ0) is 0. The normalized spacial score (nSPS) is 0. The van der Waals surface area contributed by atoms with Gasteiger partial charge in [0.2, 0.25) is 0 Å². The molecule has 0 aromatic heterocycles. The molecule has 0 aromatic carbocycles. The molecule has 0 aliphatic rings. The van der Waals surface area contributed by atoms with Gasteiger partial charge in [-0.3, -0.25) is 18.8 Å². The van der Waals surface area contributed by atoms with Gasteiger partial charge in [-0.2, -0.15) is 0 Å². The van der Waals surface area contributed by atoms with E-state index in [1.165, 1.54) is 0 Å². The van der Waals surface area contributed by atoms with Crippen LogP contribution in [0.15, 0.2) is 0 Å². The molecule has 0 unspecified atom stereocenters. The van der Waals surface area contributed by atoms with E-state index in [2.05, 4.69) is 0 Å². The van der Waals surface area contributed by atoms with Crippen LogP contribution in [0, 0.1) is 40.8 Å². The van der Waals surface area contributed by atoms with E-state index in [1.54, 1.807) is 0 Å². The molecule has 0 spiro atoms. The summed E-state index contributed by atoms with van der Waals surface area (Å²) in [6.45, 7) is 0. The van der Waals surface area contributed by atoms with Crippen molar-refractivity contribution in [2.45, 2.75) is 0 Å². The Morgan fingerprint density at radius 1 is 0.400 bits per heavy atom. The monoisotopic (exact) mass is 222 g/mol. The second-order valence-corrected chi connectivity index (χ2v) is 0. The maximum atomic E-state index is 0. The molecule has 0 aliphatic carbocycles. The van der Waals surface area contributed by atoms with Crippen LogP contribution in [-0.4, -0.2) is 0 Å². The molecule has 0 N–H and O–H groups in total. The van der Waals surface area contributed by atoms with E-state index < -0.39 is 0 Å². The first-order valence-electron chi connectivity index (χ1n) is 0. The number of rotatable bonds is 0. The van der Waals surface area contributed by atoms with Crippen LogP contribution >= 0.6 is 0 Å². The fourth-order valence-corrected chi connectivity index (χ4v) is 0. The van der Waals surface area contributed by atoms with Crippen molar-refractivity contribution in [2.75, 3.05) is 0 Å². The molecule has 0 fully saturated rings. The second kappa shape index (κ2) is 73.3. The summed E-state index contributed by atoms with van der Waals surface area (Å²) in [5.41, 5.74) is 0. The largest absolute Gasteiger partial charge is 0.269 e. The predicted molar refractivity (Wildman–Crippen MR) is 10.0 cm³/mol. The van der Waals surface area contributed by atoms with E-state index in [4.69, 9.17) is 0 Å². The van der Waals surface area contributed by atoms with E-state index in [0.29, 0.717) is 0 Å². The zero-order valence-corrected chi connectivity index (χ0v) is 5.34. The first-order chi connectivity index (χ1) is 0. The third-order valence-electron chi connectivity index (χ3n) is 0. The van der Waals surface area contributed by atoms with E-state index in [9.17, 15) is 0 Å². The van der Waals surface area contributed by atoms with Gasteiger partial charge in [0.05, 0.1) is 0 Å². The summed E-state index contributed by atoms with van der Waals surface area (Å²) >= 11 is 0. The standard InChI is InChI=1S/4FH.Nd/h4*1H;. The molecular formula is H4F4Nd. The van der Waals surface area contributed by atoms with Gasteiger partial charge in [-0.05, 0) is 0 Å². The Kier molecular flexibility index (Phi) is 2000. The second-order valence-electron chi connectivity index (χ2n) is 0. The summed E-state index contributed by atoms with van der Waals surface area (Å²) in [5, 5.41) is 0. The van der Waals surface area contributed by atoms with E-state index in [-0.39, 0.29) is 59.7 Å². The summed E-state index contributed by atoms with van der Waals surface area (Å²) in [7, 11) is 0. The van der Waals surface area contributed by atoms with Crippen LogP contribution in [0.1, 0.15) is 0 Å². The van der Waals surface area contributed by atoms with E-state index >= 15 is 0 Å². The maximum absolute atomic E-state index is 0. The van der Waals surface area contributed by atoms with Crippen LogP contribution in [-0.2, 0) is 0 Å². The molecule has 5 heavy (non-hydrogen) atoms. The summed E-state index contributed by atoms with van der Waals surface area (Å²) < 4.78 is 0. The molecule has 0 nitrogen and oxygen atoms in total. The third kappa shape index (κ3) is 41.7. The summed E-state index contributed by atoms with van der Waals surface area (Å²) in [6.07, 6.45) is 0. The Hall–Kier alpha value is 1.07. The van der Waals surface area contributed by atoms with Crippen LogP contribution in [0.4, 0.5) is 18.8 Å². The molecule has 0 amide bonds. The van der Waals surface area contributed by atoms with Gasteiger partial charge >= 0.3 is 0 Å². The molecule has 0 radical (unpaired) electrons. The molecule has 0 saturated heterocycles. The minimum Gasteiger partial charge on any atom is -0.269 e. The van der Waals surface area contributed by atoms with Gasteiger partial charge in [0.15, 0.2) is 0 Å². The van der Waals surface area contributed by atoms with Crippen molar-refractivity contribution in [3.63, 3.8) is 0 Å². The van der Waals surface area contributed by atoms with Gasteiger partial charge < -0.3 is 0 Å². The average molecular weight is 224 g/mol. The van der Waals surface area contributed by atoms with Crippen LogP contribution in [0.2, 0.25) is 0 Å². The molecule has 0 aliphatic heterocycles. The Balaban J connectivity index is 0. The minimum atomic E-state index is 0. The van der Waals surface area contributed by atoms with Crippen molar-refractivity contribution in [1.82, 2.24) is 0 Å². The van der Waals surface area contributed by atoms with Crippen molar-refractivity contribution in [3.05, 3.63) is 0 Å². The van der Waals surface area contributed by atoms with Gasteiger partial charge in [0.25, 0.3) is 0 Å². The Bertz CT molecular complexity index is 3.61. The predicted octanol–water partition coefficient (Wildman–Crippen LogP) is 0.610. The first kappa shape index (κ1) is 136. The average Bonchev–Trinajstić information content (AvgIpc) is 0. The van der Waals surface area contributed by atoms with Crippen molar-refractivity contribution in [2.24, 2.45) is 0 Å². The Morgan fingerprint density at radius 3 is 0.400 bits per heavy atom. The molecule has 36 valence electrons. The Morgan fingerprint density at radius 2 is 0.400 bits per heavy atom. The summed E-state index contributed by atoms with van der Waals surface area (Å²) in [4.78, 5) is 0. The zero-order valence-electron chi connectivity index (χ0n) is 2.13. The first-order valence-corrected chi connectivity index (χ1v) is 0. The fourth-order valence-electron chi connectivity index (χ4n) is 0.